The van der Waals surface area contributed by atoms with Crippen LogP contribution in [0, 0.1) is 6.92 Å². The highest BCUT2D eigenvalue weighted by Crippen LogP contribution is 2.27. The molecule has 7 heteroatoms. The number of hydrogen-bond acceptors (Lipinski definition) is 3. The first-order chi connectivity index (χ1) is 9.45. The Labute approximate surface area is 111 Å². The fraction of sp³-hybridized carbons (Fsp3) is 0.154. The Morgan fingerprint density at radius 1 is 1.15 bits per heavy atom. The lowest BCUT2D eigenvalue weighted by Gasteiger charge is -2.07. The van der Waals surface area contributed by atoms with Crippen LogP contribution in [0.1, 0.15) is 11.5 Å². The molecule has 0 fully saturated rings. The minimum Gasteiger partial charge on any atom is -0.304 e. The van der Waals surface area contributed by atoms with Crippen molar-refractivity contribution in [2.75, 3.05) is 0 Å². The molecule has 0 spiro atoms. The van der Waals surface area contributed by atoms with Crippen LogP contribution in [0.5, 0.6) is 0 Å². The number of aryl methyl sites for hydroxylation is 1. The van der Waals surface area contributed by atoms with E-state index in [-0.39, 0.29) is 5.69 Å². The summed E-state index contributed by atoms with van der Waals surface area (Å²) in [5.74, 6) is -1.14. The van der Waals surface area contributed by atoms with Crippen molar-refractivity contribution in [3.63, 3.8) is 0 Å². The number of alkyl halides is 3. The number of fused-ring (bicyclic) bond motifs is 1. The van der Waals surface area contributed by atoms with Crippen molar-refractivity contribution >= 4 is 5.65 Å². The van der Waals surface area contributed by atoms with Gasteiger partial charge in [0.2, 0.25) is 5.82 Å². The molecular weight excluding hydrogens is 269 g/mol. The zero-order valence-corrected chi connectivity index (χ0v) is 10.4. The molecule has 3 rings (SSSR count). The van der Waals surface area contributed by atoms with Crippen molar-refractivity contribution in [1.82, 2.24) is 19.4 Å². The van der Waals surface area contributed by atoms with Gasteiger partial charge in [0.15, 0.2) is 0 Å². The average molecular weight is 278 g/mol. The normalized spacial score (nSPS) is 12.0. The van der Waals surface area contributed by atoms with Gasteiger partial charge in [-0.15, -0.1) is 0 Å². The third-order valence-corrected chi connectivity index (χ3v) is 2.90. The van der Waals surface area contributed by atoms with Crippen LogP contribution in [0.25, 0.3) is 16.9 Å². The molecule has 102 valence electrons. The summed E-state index contributed by atoms with van der Waals surface area (Å²) in [5.41, 5.74) is 2.39. The van der Waals surface area contributed by atoms with E-state index in [2.05, 4.69) is 15.0 Å². The van der Waals surface area contributed by atoms with Crippen molar-refractivity contribution in [3.8, 4) is 11.3 Å². The van der Waals surface area contributed by atoms with Gasteiger partial charge in [-0.1, -0.05) is 0 Å². The second-order valence-corrected chi connectivity index (χ2v) is 4.31. The summed E-state index contributed by atoms with van der Waals surface area (Å²) in [4.78, 5) is 11.0. The summed E-state index contributed by atoms with van der Waals surface area (Å²) in [6, 6.07) is 4.83. The molecule has 0 unspecified atom stereocenters. The second-order valence-electron chi connectivity index (χ2n) is 4.31. The number of nitrogens with zero attached hydrogens (tertiary/aromatic N) is 4. The lowest BCUT2D eigenvalue weighted by molar-refractivity contribution is -0.144. The smallest absolute Gasteiger partial charge is 0.304 e. The summed E-state index contributed by atoms with van der Waals surface area (Å²) in [7, 11) is 0. The van der Waals surface area contributed by atoms with Crippen LogP contribution in [0.4, 0.5) is 13.2 Å². The minimum atomic E-state index is -4.55. The number of pyridine rings is 1. The molecule has 0 radical (unpaired) electrons. The molecule has 3 aromatic heterocycles. The maximum absolute atomic E-state index is 12.6. The lowest BCUT2D eigenvalue weighted by atomic mass is 10.2. The van der Waals surface area contributed by atoms with Crippen LogP contribution in [0.15, 0.2) is 36.8 Å². The van der Waals surface area contributed by atoms with Crippen molar-refractivity contribution in [1.29, 1.82) is 0 Å². The molecule has 20 heavy (non-hydrogen) atoms. The SMILES string of the molecule is Cc1cnc2cc(-c3ccnc(C(F)(F)F)n3)ccn12. The van der Waals surface area contributed by atoms with Crippen molar-refractivity contribution in [2.24, 2.45) is 0 Å². The number of halogens is 3. The van der Waals surface area contributed by atoms with Gasteiger partial charge < -0.3 is 4.40 Å². The average Bonchev–Trinajstić information content (AvgIpc) is 2.79. The summed E-state index contributed by atoms with van der Waals surface area (Å²) in [6.07, 6.45) is -0.00121. The Balaban J connectivity index is 2.11. The van der Waals surface area contributed by atoms with Crippen molar-refractivity contribution in [3.05, 3.63) is 48.3 Å². The van der Waals surface area contributed by atoms with Gasteiger partial charge in [-0.25, -0.2) is 15.0 Å². The molecular formula is C13H9F3N4. The van der Waals surface area contributed by atoms with Crippen LogP contribution < -0.4 is 0 Å². The summed E-state index contributed by atoms with van der Waals surface area (Å²) in [5, 5.41) is 0. The fourth-order valence-electron chi connectivity index (χ4n) is 1.92. The van der Waals surface area contributed by atoms with E-state index in [0.29, 0.717) is 11.2 Å². The fourth-order valence-corrected chi connectivity index (χ4v) is 1.92. The van der Waals surface area contributed by atoms with Crippen LogP contribution in [0.2, 0.25) is 0 Å². The molecule has 0 aliphatic heterocycles. The molecule has 3 heterocycles. The number of aromatic nitrogens is 4. The number of rotatable bonds is 1. The summed E-state index contributed by atoms with van der Waals surface area (Å²) in [6.45, 7) is 1.89. The third kappa shape index (κ3) is 2.11. The third-order valence-electron chi connectivity index (χ3n) is 2.90. The highest BCUT2D eigenvalue weighted by atomic mass is 19.4. The monoisotopic (exact) mass is 278 g/mol. The molecule has 0 aromatic carbocycles. The van der Waals surface area contributed by atoms with Crippen molar-refractivity contribution in [2.45, 2.75) is 13.1 Å². The summed E-state index contributed by atoms with van der Waals surface area (Å²) >= 11 is 0. The van der Waals surface area contributed by atoms with E-state index in [9.17, 15) is 13.2 Å². The first-order valence-corrected chi connectivity index (χ1v) is 5.79. The van der Waals surface area contributed by atoms with Gasteiger partial charge in [-0.3, -0.25) is 0 Å². The highest BCUT2D eigenvalue weighted by Gasteiger charge is 2.34. The van der Waals surface area contributed by atoms with E-state index in [1.807, 2.05) is 11.3 Å². The van der Waals surface area contributed by atoms with Crippen LogP contribution in [-0.2, 0) is 6.18 Å². The van der Waals surface area contributed by atoms with Gasteiger partial charge in [0, 0.05) is 29.8 Å². The first-order valence-electron chi connectivity index (χ1n) is 5.79. The lowest BCUT2D eigenvalue weighted by Crippen LogP contribution is -2.11. The van der Waals surface area contributed by atoms with Gasteiger partial charge in [-0.2, -0.15) is 13.2 Å². The van der Waals surface area contributed by atoms with E-state index in [4.69, 9.17) is 0 Å². The zero-order valence-electron chi connectivity index (χ0n) is 10.4. The van der Waals surface area contributed by atoms with Crippen LogP contribution in [0.3, 0.4) is 0 Å². The largest absolute Gasteiger partial charge is 0.451 e. The first kappa shape index (κ1) is 12.6. The molecule has 0 saturated heterocycles. The maximum Gasteiger partial charge on any atom is 0.451 e. The van der Waals surface area contributed by atoms with E-state index in [1.54, 1.807) is 24.5 Å². The van der Waals surface area contributed by atoms with Gasteiger partial charge in [0.05, 0.1) is 5.69 Å². The summed E-state index contributed by atoms with van der Waals surface area (Å²) < 4.78 is 39.6. The van der Waals surface area contributed by atoms with Gasteiger partial charge in [-0.05, 0) is 25.1 Å². The number of imidazole rings is 1. The van der Waals surface area contributed by atoms with E-state index < -0.39 is 12.0 Å². The van der Waals surface area contributed by atoms with Gasteiger partial charge >= 0.3 is 6.18 Å². The Bertz CT molecular complexity index is 777. The quantitative estimate of drug-likeness (QED) is 0.687. The molecule has 0 N–H and O–H groups in total. The molecule has 4 nitrogen and oxygen atoms in total. The van der Waals surface area contributed by atoms with Gasteiger partial charge in [0.1, 0.15) is 5.65 Å². The minimum absolute atomic E-state index is 0.218. The Kier molecular flexibility index (Phi) is 2.70. The topological polar surface area (TPSA) is 43.1 Å². The molecule has 0 atom stereocenters. The zero-order chi connectivity index (χ0) is 14.3. The Morgan fingerprint density at radius 2 is 1.95 bits per heavy atom. The highest BCUT2D eigenvalue weighted by molar-refractivity contribution is 5.64. The molecule has 0 aliphatic rings. The molecule has 0 saturated carbocycles. The Morgan fingerprint density at radius 3 is 2.70 bits per heavy atom. The number of hydrogen-bond donors (Lipinski definition) is 0. The predicted molar refractivity (Wildman–Crippen MR) is 66.0 cm³/mol. The molecule has 0 amide bonds. The van der Waals surface area contributed by atoms with E-state index in [0.717, 1.165) is 11.9 Å². The van der Waals surface area contributed by atoms with Crippen LogP contribution in [-0.4, -0.2) is 19.4 Å². The second kappa shape index (κ2) is 4.29. The van der Waals surface area contributed by atoms with Crippen molar-refractivity contribution < 1.29 is 13.2 Å². The predicted octanol–water partition coefficient (Wildman–Crippen LogP) is 3.12. The van der Waals surface area contributed by atoms with E-state index in [1.165, 1.54) is 6.07 Å². The molecule has 0 bridgehead atoms. The van der Waals surface area contributed by atoms with Crippen LogP contribution >= 0.6 is 0 Å². The standard InChI is InChI=1S/C13H9F3N4/c1-8-7-18-11-6-9(3-5-20(8)11)10-2-4-17-12(19-10)13(14,15)16/h2-7H,1H3. The van der Waals surface area contributed by atoms with Gasteiger partial charge in [0.25, 0.3) is 0 Å². The van der Waals surface area contributed by atoms with E-state index >= 15 is 0 Å². The molecule has 3 aromatic rings. The maximum atomic E-state index is 12.6. The molecule has 0 aliphatic carbocycles. The Hall–Kier alpha value is -2.44.